The Hall–Kier alpha value is 0.444. The van der Waals surface area contributed by atoms with E-state index in [1.807, 2.05) is 0 Å². The van der Waals surface area contributed by atoms with Gasteiger partial charge < -0.3 is 10.5 Å². The second-order valence-electron chi connectivity index (χ2n) is 0.627. The first-order valence-corrected chi connectivity index (χ1v) is 1.22. The van der Waals surface area contributed by atoms with Gasteiger partial charge in [0.15, 0.2) is 0 Å². The summed E-state index contributed by atoms with van der Waals surface area (Å²) in [6.07, 6.45) is 0. The van der Waals surface area contributed by atoms with Crippen LogP contribution in [-0.2, 0) is 37.4 Å². The van der Waals surface area contributed by atoms with E-state index in [1.54, 1.807) is 0 Å². The summed E-state index contributed by atoms with van der Waals surface area (Å²) in [5, 5.41) is 0. The number of methoxy groups -OCH3 is 1. The Balaban J connectivity index is 0. The Morgan fingerprint density at radius 1 is 1.83 bits per heavy atom. The van der Waals surface area contributed by atoms with E-state index in [0.717, 1.165) is 0 Å². The van der Waals surface area contributed by atoms with Gasteiger partial charge in [0, 0.05) is 38.6 Å². The fourth-order valence-electron chi connectivity index (χ4n) is 0. The van der Waals surface area contributed by atoms with E-state index in [2.05, 4.69) is 11.3 Å². The van der Waals surface area contributed by atoms with E-state index in [4.69, 9.17) is 5.73 Å². The van der Waals surface area contributed by atoms with E-state index in [9.17, 15) is 0 Å². The molecule has 0 aliphatic heterocycles. The van der Waals surface area contributed by atoms with E-state index < -0.39 is 0 Å². The van der Waals surface area contributed by atoms with E-state index >= 15 is 0 Å². The molecule has 0 unspecified atom stereocenters. The largest absolute Gasteiger partial charge is 0.669 e. The number of rotatable bonds is 1. The standard InChI is InChI=1S/C3H6NO.Y/c1-3(4)5-2;/h4H,1H2,2H3;/q-1;. The molecule has 1 radical (unpaired) electrons. The number of nitrogens with one attached hydrogen (secondary N) is 1. The van der Waals surface area contributed by atoms with Crippen molar-refractivity contribution in [2.75, 3.05) is 7.11 Å². The van der Waals surface area contributed by atoms with Crippen LogP contribution in [0.4, 0.5) is 0 Å². The molecule has 0 spiro atoms. The molecule has 0 bridgehead atoms. The van der Waals surface area contributed by atoms with Crippen molar-refractivity contribution in [3.8, 4) is 0 Å². The zero-order chi connectivity index (χ0) is 4.28. The third-order valence-electron chi connectivity index (χ3n) is 0.246. The molecule has 0 saturated carbocycles. The zero-order valence-corrected chi connectivity index (χ0v) is 6.53. The van der Waals surface area contributed by atoms with Crippen molar-refractivity contribution in [3.05, 3.63) is 18.2 Å². The van der Waals surface area contributed by atoms with E-state index in [1.165, 1.54) is 7.11 Å². The van der Waals surface area contributed by atoms with Gasteiger partial charge in [0.25, 0.3) is 0 Å². The molecule has 3 heteroatoms. The molecule has 0 fully saturated rings. The van der Waals surface area contributed by atoms with Crippen molar-refractivity contribution < 1.29 is 37.4 Å². The maximum atomic E-state index is 6.41. The Kier molecular flexibility index (Phi) is 8.77. The van der Waals surface area contributed by atoms with Gasteiger partial charge in [-0.25, -0.2) is 0 Å². The molecule has 0 aromatic rings. The molecule has 0 amide bonds. The summed E-state index contributed by atoms with van der Waals surface area (Å²) in [6, 6.07) is 0. The minimum Gasteiger partial charge on any atom is -0.669 e. The van der Waals surface area contributed by atoms with Gasteiger partial charge in [0.05, 0.1) is 7.11 Å². The van der Waals surface area contributed by atoms with Crippen LogP contribution in [0.25, 0.3) is 5.73 Å². The molecular formula is C3H6NOY-. The Bertz CT molecular complexity index is 46.1. The molecule has 6 heavy (non-hydrogen) atoms. The van der Waals surface area contributed by atoms with Gasteiger partial charge in [-0.15, -0.1) is 0 Å². The van der Waals surface area contributed by atoms with Crippen LogP contribution in [0.3, 0.4) is 0 Å². The van der Waals surface area contributed by atoms with Gasteiger partial charge in [-0.2, -0.15) is 0 Å². The summed E-state index contributed by atoms with van der Waals surface area (Å²) >= 11 is 0. The predicted molar refractivity (Wildman–Crippen MR) is 20.5 cm³/mol. The number of ether oxygens (including phenoxy) is 1. The van der Waals surface area contributed by atoms with Crippen LogP contribution in [0.1, 0.15) is 0 Å². The van der Waals surface area contributed by atoms with Crippen molar-refractivity contribution in [1.29, 1.82) is 0 Å². The van der Waals surface area contributed by atoms with Crippen molar-refractivity contribution in [3.63, 3.8) is 0 Å². The molecule has 0 heterocycles. The summed E-state index contributed by atoms with van der Waals surface area (Å²) in [4.78, 5) is 0. The first kappa shape index (κ1) is 9.67. The van der Waals surface area contributed by atoms with Gasteiger partial charge in [0.1, 0.15) is 0 Å². The molecule has 33 valence electrons. The summed E-state index contributed by atoms with van der Waals surface area (Å²) in [7, 11) is 1.41. The minimum atomic E-state index is 0. The van der Waals surface area contributed by atoms with Crippen molar-refractivity contribution in [2.45, 2.75) is 0 Å². The maximum absolute atomic E-state index is 6.41. The first-order chi connectivity index (χ1) is 2.27. The zero-order valence-electron chi connectivity index (χ0n) is 3.69. The van der Waals surface area contributed by atoms with Crippen LogP contribution in [0.2, 0.25) is 0 Å². The maximum Gasteiger partial charge on any atom is 0.0747 e. The Labute approximate surface area is 62.6 Å². The van der Waals surface area contributed by atoms with E-state index in [0.29, 0.717) is 0 Å². The van der Waals surface area contributed by atoms with Crippen LogP contribution in [-0.4, -0.2) is 7.11 Å². The van der Waals surface area contributed by atoms with Gasteiger partial charge in [-0.05, 0) is 0 Å². The number of hydrogen-bond acceptors (Lipinski definition) is 1. The normalized spacial score (nSPS) is 5.50. The first-order valence-electron chi connectivity index (χ1n) is 1.22. The molecule has 0 aromatic heterocycles. The Morgan fingerprint density at radius 3 is 2.00 bits per heavy atom. The quantitative estimate of drug-likeness (QED) is 0.531. The summed E-state index contributed by atoms with van der Waals surface area (Å²) in [5.74, 6) is 0.00463. The average molecular weight is 161 g/mol. The van der Waals surface area contributed by atoms with Crippen molar-refractivity contribution in [1.82, 2.24) is 0 Å². The molecule has 0 aliphatic rings. The molecule has 0 aromatic carbocycles. The number of hydrogen-bond donors (Lipinski definition) is 0. The average Bonchev–Trinajstić information content (AvgIpc) is 1.38. The third-order valence-corrected chi connectivity index (χ3v) is 0.246. The fourth-order valence-corrected chi connectivity index (χ4v) is 0. The van der Waals surface area contributed by atoms with Gasteiger partial charge in [0.2, 0.25) is 0 Å². The smallest absolute Gasteiger partial charge is 0.0747 e. The SMILES string of the molecule is C=C([NH-])OC.[Y]. The molecule has 0 atom stereocenters. The van der Waals surface area contributed by atoms with Crippen LogP contribution in [0.5, 0.6) is 0 Å². The van der Waals surface area contributed by atoms with Gasteiger partial charge in [-0.3, -0.25) is 0 Å². The van der Waals surface area contributed by atoms with Crippen molar-refractivity contribution in [2.24, 2.45) is 0 Å². The van der Waals surface area contributed by atoms with Crippen LogP contribution >= 0.6 is 0 Å². The molecule has 0 saturated heterocycles. The van der Waals surface area contributed by atoms with Crippen LogP contribution < -0.4 is 0 Å². The second-order valence-corrected chi connectivity index (χ2v) is 0.627. The van der Waals surface area contributed by atoms with Crippen LogP contribution in [0, 0.1) is 0 Å². The topological polar surface area (TPSA) is 33.0 Å². The van der Waals surface area contributed by atoms with Gasteiger partial charge in [-0.1, -0.05) is 6.58 Å². The molecule has 1 N–H and O–H groups in total. The molecule has 0 rings (SSSR count). The molecular weight excluding hydrogens is 155 g/mol. The van der Waals surface area contributed by atoms with Crippen LogP contribution in [0.15, 0.2) is 12.5 Å². The second kappa shape index (κ2) is 5.44. The van der Waals surface area contributed by atoms with E-state index in [-0.39, 0.29) is 38.6 Å². The monoisotopic (exact) mass is 161 g/mol. The molecule has 2 nitrogen and oxygen atoms in total. The fraction of sp³-hybridized carbons (Fsp3) is 0.333. The summed E-state index contributed by atoms with van der Waals surface area (Å²) < 4.78 is 4.22. The third kappa shape index (κ3) is 8.82. The molecule has 0 aliphatic carbocycles. The summed E-state index contributed by atoms with van der Waals surface area (Å²) in [6.45, 7) is 3.12. The minimum absolute atomic E-state index is 0. The Morgan fingerprint density at radius 2 is 2.00 bits per heavy atom. The predicted octanol–water partition coefficient (Wildman–Crippen LogP) is 1.15. The summed E-state index contributed by atoms with van der Waals surface area (Å²) in [5.41, 5.74) is 6.41. The van der Waals surface area contributed by atoms with Crippen molar-refractivity contribution >= 4 is 0 Å². The van der Waals surface area contributed by atoms with Gasteiger partial charge >= 0.3 is 0 Å².